The molecule has 0 radical (unpaired) electrons. The van der Waals surface area contributed by atoms with Crippen LogP contribution in [0, 0.1) is 0 Å². The molecule has 2 unspecified atom stereocenters. The van der Waals surface area contributed by atoms with Gasteiger partial charge in [0.2, 0.25) is 0 Å². The molecule has 0 amide bonds. The van der Waals surface area contributed by atoms with Gasteiger partial charge in [-0.1, -0.05) is 20.8 Å². The molecule has 7 nitrogen and oxygen atoms in total. The zero-order valence-corrected chi connectivity index (χ0v) is 13.1. The van der Waals surface area contributed by atoms with Crippen molar-refractivity contribution in [1.82, 2.24) is 9.97 Å². The molecule has 2 atom stereocenters. The van der Waals surface area contributed by atoms with E-state index in [4.69, 9.17) is 10.6 Å². The summed E-state index contributed by atoms with van der Waals surface area (Å²) in [6.07, 6.45) is 0.418. The first kappa shape index (κ1) is 15.9. The molecule has 1 aromatic rings. The van der Waals surface area contributed by atoms with Crippen LogP contribution in [-0.4, -0.2) is 39.9 Å². The molecule has 0 aliphatic carbocycles. The number of nitrogen functional groups attached to an aromatic ring is 1. The highest BCUT2D eigenvalue weighted by Gasteiger charge is 2.39. The van der Waals surface area contributed by atoms with E-state index in [0.29, 0.717) is 37.0 Å². The van der Waals surface area contributed by atoms with E-state index in [-0.39, 0.29) is 11.5 Å². The van der Waals surface area contributed by atoms with Crippen molar-refractivity contribution in [3.05, 3.63) is 11.9 Å². The molecule has 7 heteroatoms. The summed E-state index contributed by atoms with van der Waals surface area (Å²) >= 11 is 0. The number of aromatic nitrogens is 2. The SMILES string of the molecule is CC1OCCC1(O)CNc1cc(NN)nc(C(C)(C)C)n1. The summed E-state index contributed by atoms with van der Waals surface area (Å²) in [5.74, 6) is 7.32. The summed E-state index contributed by atoms with van der Waals surface area (Å²) in [7, 11) is 0. The third kappa shape index (κ3) is 3.61. The Morgan fingerprint density at radius 2 is 2.10 bits per heavy atom. The maximum atomic E-state index is 10.5. The number of hydrazine groups is 1. The van der Waals surface area contributed by atoms with Crippen molar-refractivity contribution in [2.75, 3.05) is 23.9 Å². The minimum absolute atomic E-state index is 0.191. The van der Waals surface area contributed by atoms with E-state index < -0.39 is 5.60 Å². The molecule has 0 bridgehead atoms. The van der Waals surface area contributed by atoms with Crippen LogP contribution in [0.1, 0.15) is 39.9 Å². The molecule has 5 N–H and O–H groups in total. The van der Waals surface area contributed by atoms with Crippen LogP contribution in [0.25, 0.3) is 0 Å². The molecular weight excluding hydrogens is 270 g/mol. The molecular formula is C14H25N5O2. The van der Waals surface area contributed by atoms with Gasteiger partial charge in [0.15, 0.2) is 0 Å². The van der Waals surface area contributed by atoms with Gasteiger partial charge < -0.3 is 20.6 Å². The average molecular weight is 295 g/mol. The Bertz CT molecular complexity index is 503. The lowest BCUT2D eigenvalue weighted by Gasteiger charge is -2.27. The maximum Gasteiger partial charge on any atom is 0.145 e. The number of hydrogen-bond acceptors (Lipinski definition) is 7. The third-order valence-electron chi connectivity index (χ3n) is 3.78. The number of rotatable bonds is 4. The van der Waals surface area contributed by atoms with Gasteiger partial charge in [-0.15, -0.1) is 0 Å². The van der Waals surface area contributed by atoms with Gasteiger partial charge in [-0.05, 0) is 6.92 Å². The molecule has 118 valence electrons. The number of anilines is 2. The Kier molecular flexibility index (Phi) is 4.36. The van der Waals surface area contributed by atoms with Crippen molar-refractivity contribution in [2.24, 2.45) is 5.84 Å². The van der Waals surface area contributed by atoms with E-state index in [1.165, 1.54) is 0 Å². The Balaban J connectivity index is 2.16. The van der Waals surface area contributed by atoms with Gasteiger partial charge in [0, 0.05) is 31.1 Å². The summed E-state index contributed by atoms with van der Waals surface area (Å²) in [4.78, 5) is 8.86. The molecule has 1 aliphatic rings. The first-order valence-corrected chi connectivity index (χ1v) is 7.19. The molecule has 1 aromatic heterocycles. The van der Waals surface area contributed by atoms with Gasteiger partial charge in [-0.3, -0.25) is 0 Å². The van der Waals surface area contributed by atoms with E-state index >= 15 is 0 Å². The van der Waals surface area contributed by atoms with Gasteiger partial charge in [-0.2, -0.15) is 0 Å². The quantitative estimate of drug-likeness (QED) is 0.485. The fourth-order valence-electron chi connectivity index (χ4n) is 2.19. The molecule has 2 rings (SSSR count). The Morgan fingerprint density at radius 1 is 1.43 bits per heavy atom. The fraction of sp³-hybridized carbons (Fsp3) is 0.714. The van der Waals surface area contributed by atoms with Crippen molar-refractivity contribution in [3.8, 4) is 0 Å². The predicted molar refractivity (Wildman–Crippen MR) is 82.0 cm³/mol. The van der Waals surface area contributed by atoms with E-state index in [1.54, 1.807) is 6.07 Å². The normalized spacial score (nSPS) is 25.9. The molecule has 1 saturated heterocycles. The maximum absolute atomic E-state index is 10.5. The third-order valence-corrected chi connectivity index (χ3v) is 3.78. The second-order valence-electron chi connectivity index (χ2n) is 6.58. The monoisotopic (exact) mass is 295 g/mol. The van der Waals surface area contributed by atoms with Crippen LogP contribution in [0.4, 0.5) is 11.6 Å². The molecule has 2 heterocycles. The highest BCUT2D eigenvalue weighted by Crippen LogP contribution is 2.27. The van der Waals surface area contributed by atoms with Crippen LogP contribution in [0.15, 0.2) is 6.07 Å². The topological polar surface area (TPSA) is 105 Å². The van der Waals surface area contributed by atoms with Gasteiger partial charge in [0.25, 0.3) is 0 Å². The standard InChI is InChI=1S/C14H25N5O2/c1-9-14(20,5-6-21-9)8-16-10-7-11(19-15)18-12(17-10)13(2,3)4/h7,9,20H,5-6,8,15H2,1-4H3,(H2,16,17,18,19). The number of hydrogen-bond donors (Lipinski definition) is 4. The minimum atomic E-state index is -0.872. The lowest BCUT2D eigenvalue weighted by molar-refractivity contribution is -0.0176. The minimum Gasteiger partial charge on any atom is -0.385 e. The van der Waals surface area contributed by atoms with Crippen molar-refractivity contribution in [3.63, 3.8) is 0 Å². The Morgan fingerprint density at radius 3 is 2.62 bits per heavy atom. The van der Waals surface area contributed by atoms with Crippen molar-refractivity contribution >= 4 is 11.6 Å². The van der Waals surface area contributed by atoms with Crippen molar-refractivity contribution in [1.29, 1.82) is 0 Å². The highest BCUT2D eigenvalue weighted by molar-refractivity contribution is 5.47. The molecule has 0 spiro atoms. The van der Waals surface area contributed by atoms with Crippen LogP contribution in [-0.2, 0) is 10.2 Å². The predicted octanol–water partition coefficient (Wildman–Crippen LogP) is 1.01. The Labute approximate surface area is 125 Å². The highest BCUT2D eigenvalue weighted by atomic mass is 16.5. The summed E-state index contributed by atoms with van der Waals surface area (Å²) in [6.45, 7) is 8.93. The van der Waals surface area contributed by atoms with Crippen LogP contribution in [0.5, 0.6) is 0 Å². The smallest absolute Gasteiger partial charge is 0.145 e. The number of nitrogens with one attached hydrogen (secondary N) is 2. The average Bonchev–Trinajstić information content (AvgIpc) is 2.75. The lowest BCUT2D eigenvalue weighted by Crippen LogP contribution is -2.43. The first-order chi connectivity index (χ1) is 9.74. The van der Waals surface area contributed by atoms with Gasteiger partial charge in [0.05, 0.1) is 6.10 Å². The number of nitrogens with zero attached hydrogens (tertiary/aromatic N) is 2. The number of aliphatic hydroxyl groups is 1. The number of nitrogens with two attached hydrogens (primary N) is 1. The van der Waals surface area contributed by atoms with E-state index in [9.17, 15) is 5.11 Å². The van der Waals surface area contributed by atoms with Gasteiger partial charge in [0.1, 0.15) is 23.1 Å². The summed E-state index contributed by atoms with van der Waals surface area (Å²) in [6, 6.07) is 1.72. The fourth-order valence-corrected chi connectivity index (χ4v) is 2.19. The lowest BCUT2D eigenvalue weighted by atomic mass is 9.95. The van der Waals surface area contributed by atoms with Gasteiger partial charge >= 0.3 is 0 Å². The van der Waals surface area contributed by atoms with Crippen LogP contribution in [0.3, 0.4) is 0 Å². The van der Waals surface area contributed by atoms with Crippen molar-refractivity contribution in [2.45, 2.75) is 51.2 Å². The van der Waals surface area contributed by atoms with Crippen LogP contribution < -0.4 is 16.6 Å². The Hall–Kier alpha value is -1.44. The van der Waals surface area contributed by atoms with E-state index in [0.717, 1.165) is 0 Å². The second-order valence-corrected chi connectivity index (χ2v) is 6.58. The zero-order valence-electron chi connectivity index (χ0n) is 13.1. The summed E-state index contributed by atoms with van der Waals surface area (Å²) < 4.78 is 5.42. The molecule has 21 heavy (non-hydrogen) atoms. The molecule has 0 saturated carbocycles. The largest absolute Gasteiger partial charge is 0.385 e. The molecule has 0 aromatic carbocycles. The molecule has 1 fully saturated rings. The van der Waals surface area contributed by atoms with Crippen LogP contribution in [0.2, 0.25) is 0 Å². The second kappa shape index (κ2) is 5.75. The molecule has 1 aliphatic heterocycles. The summed E-state index contributed by atoms with van der Waals surface area (Å²) in [5.41, 5.74) is 1.49. The first-order valence-electron chi connectivity index (χ1n) is 7.19. The van der Waals surface area contributed by atoms with E-state index in [2.05, 4.69) is 20.7 Å². The van der Waals surface area contributed by atoms with Crippen molar-refractivity contribution < 1.29 is 9.84 Å². The zero-order chi connectivity index (χ0) is 15.7. The van der Waals surface area contributed by atoms with Crippen LogP contribution >= 0.6 is 0 Å². The number of ether oxygens (including phenoxy) is 1. The van der Waals surface area contributed by atoms with Gasteiger partial charge in [-0.25, -0.2) is 15.8 Å². The van der Waals surface area contributed by atoms with E-state index in [1.807, 2.05) is 27.7 Å². The summed E-state index contributed by atoms with van der Waals surface area (Å²) in [5, 5.41) is 13.7.